The van der Waals surface area contributed by atoms with E-state index in [1.807, 2.05) is 0 Å². The zero-order chi connectivity index (χ0) is 11.8. The van der Waals surface area contributed by atoms with Crippen molar-refractivity contribution in [2.75, 3.05) is 13.1 Å². The smallest absolute Gasteiger partial charge is 0.307 e. The van der Waals surface area contributed by atoms with Gasteiger partial charge in [-0.25, -0.2) is 0 Å². The lowest BCUT2D eigenvalue weighted by molar-refractivity contribution is -0.385. The first kappa shape index (κ1) is 11.0. The van der Waals surface area contributed by atoms with E-state index in [-0.39, 0.29) is 11.7 Å². The molecule has 2 unspecified atom stereocenters. The van der Waals surface area contributed by atoms with Crippen molar-refractivity contribution in [2.45, 2.75) is 25.0 Å². The summed E-state index contributed by atoms with van der Waals surface area (Å²) in [7, 11) is 0. The Labute approximate surface area is 92.2 Å². The molecule has 2 rings (SSSR count). The van der Waals surface area contributed by atoms with Crippen LogP contribution in [-0.4, -0.2) is 38.5 Å². The van der Waals surface area contributed by atoms with Crippen molar-refractivity contribution < 1.29 is 10.0 Å². The molecule has 1 aliphatic rings. The molecule has 1 saturated heterocycles. The lowest BCUT2D eigenvalue weighted by Crippen LogP contribution is -2.50. The van der Waals surface area contributed by atoms with Crippen LogP contribution in [0.25, 0.3) is 0 Å². The first-order chi connectivity index (χ1) is 7.50. The molecule has 2 heterocycles. The maximum absolute atomic E-state index is 10.5. The molecule has 0 aromatic carbocycles. The first-order valence-electron chi connectivity index (χ1n) is 5.12. The predicted molar refractivity (Wildman–Crippen MR) is 56.0 cm³/mol. The van der Waals surface area contributed by atoms with Gasteiger partial charge in [-0.1, -0.05) is 0 Å². The number of nitro groups is 1. The average molecular weight is 226 g/mol. The molecule has 0 spiro atoms. The minimum absolute atomic E-state index is 0.0469. The van der Waals surface area contributed by atoms with Gasteiger partial charge in [0, 0.05) is 6.54 Å². The molecule has 7 nitrogen and oxygen atoms in total. The third kappa shape index (κ3) is 1.91. The van der Waals surface area contributed by atoms with E-state index in [0.29, 0.717) is 13.0 Å². The SMILES string of the molecule is CC1(O)CNCCC1n1cc([N+](=O)[O-])cn1. The molecule has 0 radical (unpaired) electrons. The van der Waals surface area contributed by atoms with Gasteiger partial charge in [0.05, 0.1) is 16.6 Å². The number of nitrogens with one attached hydrogen (secondary N) is 1. The van der Waals surface area contributed by atoms with E-state index in [1.54, 1.807) is 6.92 Å². The topological polar surface area (TPSA) is 93.2 Å². The van der Waals surface area contributed by atoms with Gasteiger partial charge in [-0.3, -0.25) is 14.8 Å². The second-order valence-electron chi connectivity index (χ2n) is 4.27. The molecule has 16 heavy (non-hydrogen) atoms. The van der Waals surface area contributed by atoms with E-state index in [0.717, 1.165) is 6.54 Å². The lowest BCUT2D eigenvalue weighted by Gasteiger charge is -2.37. The Morgan fingerprint density at radius 1 is 1.81 bits per heavy atom. The Morgan fingerprint density at radius 3 is 3.12 bits per heavy atom. The highest BCUT2D eigenvalue weighted by Crippen LogP contribution is 2.28. The summed E-state index contributed by atoms with van der Waals surface area (Å²) in [6, 6.07) is -0.220. The molecule has 1 fully saturated rings. The molecule has 0 amide bonds. The van der Waals surface area contributed by atoms with Crippen LogP contribution in [0.1, 0.15) is 19.4 Å². The van der Waals surface area contributed by atoms with Gasteiger partial charge in [0.2, 0.25) is 0 Å². The van der Waals surface area contributed by atoms with Gasteiger partial charge in [0.25, 0.3) is 0 Å². The van der Waals surface area contributed by atoms with Crippen LogP contribution in [0, 0.1) is 10.1 Å². The first-order valence-corrected chi connectivity index (χ1v) is 5.12. The van der Waals surface area contributed by atoms with E-state index in [2.05, 4.69) is 10.4 Å². The zero-order valence-corrected chi connectivity index (χ0v) is 8.96. The van der Waals surface area contributed by atoms with Crippen LogP contribution in [0.2, 0.25) is 0 Å². The van der Waals surface area contributed by atoms with Crippen LogP contribution in [0.15, 0.2) is 12.4 Å². The number of nitrogens with zero attached hydrogens (tertiary/aromatic N) is 3. The number of aromatic nitrogens is 2. The predicted octanol–water partition coefficient (Wildman–Crippen LogP) is 0.0767. The van der Waals surface area contributed by atoms with Gasteiger partial charge in [-0.15, -0.1) is 0 Å². The molecule has 2 atom stereocenters. The zero-order valence-electron chi connectivity index (χ0n) is 8.96. The van der Waals surface area contributed by atoms with Gasteiger partial charge in [-0.05, 0) is 19.9 Å². The Balaban J connectivity index is 2.25. The summed E-state index contributed by atoms with van der Waals surface area (Å²) in [5.41, 5.74) is -0.979. The monoisotopic (exact) mass is 226 g/mol. The molecular weight excluding hydrogens is 212 g/mol. The van der Waals surface area contributed by atoms with Gasteiger partial charge >= 0.3 is 5.69 Å². The number of β-amino-alcohol motifs (C(OH)–C–C–N with tert-alkyl or cyclic N) is 1. The molecule has 1 aliphatic heterocycles. The second-order valence-corrected chi connectivity index (χ2v) is 4.27. The molecule has 88 valence electrons. The highest BCUT2D eigenvalue weighted by molar-refractivity contribution is 5.21. The maximum atomic E-state index is 10.5. The van der Waals surface area contributed by atoms with Crippen LogP contribution in [0.3, 0.4) is 0 Å². The summed E-state index contributed by atoms with van der Waals surface area (Å²) in [6.45, 7) is 2.94. The number of hydrogen-bond acceptors (Lipinski definition) is 5. The summed E-state index contributed by atoms with van der Waals surface area (Å²) in [5.74, 6) is 0. The normalized spacial score (nSPS) is 30.2. The Kier molecular flexibility index (Phi) is 2.64. The fourth-order valence-corrected chi connectivity index (χ4v) is 2.02. The molecule has 1 aromatic heterocycles. The van der Waals surface area contributed by atoms with Crippen molar-refractivity contribution in [1.82, 2.24) is 15.1 Å². The van der Waals surface area contributed by atoms with E-state index in [1.165, 1.54) is 17.1 Å². The fourth-order valence-electron chi connectivity index (χ4n) is 2.02. The van der Waals surface area contributed by atoms with Crippen LogP contribution in [-0.2, 0) is 0 Å². The van der Waals surface area contributed by atoms with Crippen LogP contribution < -0.4 is 5.32 Å². The standard InChI is InChI=1S/C9H14N4O3/c1-9(14)6-10-3-2-8(9)12-5-7(4-11-12)13(15)16/h4-5,8,10,14H,2-3,6H2,1H3. The molecule has 0 aliphatic carbocycles. The van der Waals surface area contributed by atoms with Crippen LogP contribution >= 0.6 is 0 Å². The fraction of sp³-hybridized carbons (Fsp3) is 0.667. The van der Waals surface area contributed by atoms with E-state index < -0.39 is 10.5 Å². The molecule has 2 N–H and O–H groups in total. The third-order valence-corrected chi connectivity index (χ3v) is 2.91. The second kappa shape index (κ2) is 3.84. The van der Waals surface area contributed by atoms with Gasteiger partial charge < -0.3 is 10.4 Å². The van der Waals surface area contributed by atoms with E-state index in [4.69, 9.17) is 0 Å². The van der Waals surface area contributed by atoms with Crippen molar-refractivity contribution >= 4 is 5.69 Å². The molecule has 0 bridgehead atoms. The number of hydrogen-bond donors (Lipinski definition) is 2. The maximum Gasteiger partial charge on any atom is 0.307 e. The van der Waals surface area contributed by atoms with E-state index in [9.17, 15) is 15.2 Å². The Bertz CT molecular complexity index is 401. The lowest BCUT2D eigenvalue weighted by atomic mass is 9.90. The summed E-state index contributed by atoms with van der Waals surface area (Å²) in [4.78, 5) is 10.0. The van der Waals surface area contributed by atoms with Crippen molar-refractivity contribution in [2.24, 2.45) is 0 Å². The van der Waals surface area contributed by atoms with E-state index >= 15 is 0 Å². The number of piperidine rings is 1. The van der Waals surface area contributed by atoms with Crippen molar-refractivity contribution in [1.29, 1.82) is 0 Å². The summed E-state index contributed by atoms with van der Waals surface area (Å²) >= 11 is 0. The molecule has 1 aromatic rings. The summed E-state index contributed by atoms with van der Waals surface area (Å²) in [5, 5.41) is 27.7. The van der Waals surface area contributed by atoms with Crippen molar-refractivity contribution in [3.63, 3.8) is 0 Å². The Hall–Kier alpha value is -1.47. The summed E-state index contributed by atoms with van der Waals surface area (Å²) in [6.07, 6.45) is 3.27. The minimum atomic E-state index is -0.932. The number of aliphatic hydroxyl groups is 1. The van der Waals surface area contributed by atoms with Gasteiger partial charge in [0.1, 0.15) is 12.4 Å². The average Bonchev–Trinajstić information content (AvgIpc) is 2.65. The van der Waals surface area contributed by atoms with Gasteiger partial charge in [0.15, 0.2) is 0 Å². The molecule has 7 heteroatoms. The summed E-state index contributed by atoms with van der Waals surface area (Å²) < 4.78 is 1.49. The minimum Gasteiger partial charge on any atom is -0.387 e. The quantitative estimate of drug-likeness (QED) is 0.550. The Morgan fingerprint density at radius 2 is 2.56 bits per heavy atom. The highest BCUT2D eigenvalue weighted by atomic mass is 16.6. The highest BCUT2D eigenvalue weighted by Gasteiger charge is 2.36. The van der Waals surface area contributed by atoms with Gasteiger partial charge in [-0.2, -0.15) is 5.10 Å². The molecule has 0 saturated carbocycles. The van der Waals surface area contributed by atoms with Crippen LogP contribution in [0.4, 0.5) is 5.69 Å². The van der Waals surface area contributed by atoms with Crippen molar-refractivity contribution in [3.05, 3.63) is 22.5 Å². The van der Waals surface area contributed by atoms with Crippen LogP contribution in [0.5, 0.6) is 0 Å². The largest absolute Gasteiger partial charge is 0.387 e. The van der Waals surface area contributed by atoms with Crippen molar-refractivity contribution in [3.8, 4) is 0 Å². The third-order valence-electron chi connectivity index (χ3n) is 2.91. The number of rotatable bonds is 2. The molecular formula is C9H14N4O3.